The summed E-state index contributed by atoms with van der Waals surface area (Å²) in [7, 11) is 0. The Morgan fingerprint density at radius 3 is 2.69 bits per heavy atom. The Bertz CT molecular complexity index is 1380. The average molecular weight is 528 g/mol. The maximum absolute atomic E-state index is 13.7. The molecule has 1 aliphatic carbocycles. The van der Waals surface area contributed by atoms with Gasteiger partial charge in [-0.2, -0.15) is 0 Å². The van der Waals surface area contributed by atoms with Crippen LogP contribution in [-0.2, 0) is 35.5 Å². The molecule has 36 heavy (non-hydrogen) atoms. The van der Waals surface area contributed by atoms with Crippen LogP contribution >= 0.6 is 22.7 Å². The van der Waals surface area contributed by atoms with Gasteiger partial charge in [-0.1, -0.05) is 24.0 Å². The van der Waals surface area contributed by atoms with Gasteiger partial charge in [0.15, 0.2) is 5.13 Å². The van der Waals surface area contributed by atoms with Crippen molar-refractivity contribution in [3.05, 3.63) is 49.8 Å². The maximum Gasteiger partial charge on any atom is 0.350 e. The zero-order chi connectivity index (χ0) is 25.2. The van der Waals surface area contributed by atoms with E-state index in [0.29, 0.717) is 33.5 Å². The van der Waals surface area contributed by atoms with Crippen molar-refractivity contribution < 1.29 is 14.3 Å². The van der Waals surface area contributed by atoms with E-state index in [1.165, 1.54) is 15.5 Å². The molecule has 0 spiro atoms. The number of hydrogen-bond donors (Lipinski definition) is 1. The summed E-state index contributed by atoms with van der Waals surface area (Å²) < 4.78 is 6.61. The summed E-state index contributed by atoms with van der Waals surface area (Å²) in [5.41, 5.74) is 1.44. The third-order valence-electron chi connectivity index (χ3n) is 6.58. The van der Waals surface area contributed by atoms with Crippen LogP contribution in [-0.4, -0.2) is 51.0 Å². The Balaban J connectivity index is 1.43. The lowest BCUT2D eigenvalue weighted by Crippen LogP contribution is -2.33. The number of carbonyl (C=O) groups excluding carboxylic acids is 2. The highest BCUT2D eigenvalue weighted by molar-refractivity contribution is 7.19. The maximum atomic E-state index is 13.7. The third-order valence-corrected chi connectivity index (χ3v) is 8.82. The zero-order valence-corrected chi connectivity index (χ0v) is 21.9. The van der Waals surface area contributed by atoms with Gasteiger partial charge in [0.25, 0.3) is 5.56 Å². The number of hydrogen-bond acceptors (Lipinski definition) is 9. The molecule has 1 aliphatic heterocycles. The summed E-state index contributed by atoms with van der Waals surface area (Å²) in [6.45, 7) is 7.62. The summed E-state index contributed by atoms with van der Waals surface area (Å²) in [5.74, 6) is -0.275. The second-order valence-electron chi connectivity index (χ2n) is 9.16. The first kappa shape index (κ1) is 24.8. The number of ether oxygens (including phenoxy) is 1. The second kappa shape index (κ2) is 10.6. The fourth-order valence-electron chi connectivity index (χ4n) is 4.85. The van der Waals surface area contributed by atoms with Gasteiger partial charge in [0.05, 0.1) is 17.6 Å². The molecule has 0 saturated carbocycles. The van der Waals surface area contributed by atoms with E-state index < -0.39 is 5.97 Å². The lowest BCUT2D eigenvalue weighted by atomic mass is 9.97. The highest BCUT2D eigenvalue weighted by Crippen LogP contribution is 2.34. The van der Waals surface area contributed by atoms with E-state index in [2.05, 4.69) is 21.8 Å². The van der Waals surface area contributed by atoms with Crippen molar-refractivity contribution in [1.29, 1.82) is 0 Å². The largest absolute Gasteiger partial charge is 0.457 e. The molecule has 3 aromatic rings. The minimum Gasteiger partial charge on any atom is -0.457 e. The number of carbonyl (C=O) groups is 2. The van der Waals surface area contributed by atoms with Gasteiger partial charge in [-0.15, -0.1) is 11.3 Å². The lowest BCUT2D eigenvalue weighted by molar-refractivity contribution is -0.116. The van der Waals surface area contributed by atoms with Crippen molar-refractivity contribution in [2.75, 3.05) is 25.0 Å². The standard InChI is InChI=1S/C25H29N5O4S2/c1-3-12-34-24(33)21-15(2)26-25(36-21)28-19(31)14-30-18(13-29-10-6-7-11-29)27-22-20(23(30)32)16-8-4-5-9-17(16)35-22/h3H,1,4-14H2,2H3,(H,26,28,31). The van der Waals surface area contributed by atoms with E-state index in [4.69, 9.17) is 9.72 Å². The molecular weight excluding hydrogens is 498 g/mol. The van der Waals surface area contributed by atoms with Gasteiger partial charge in [-0.3, -0.25) is 19.1 Å². The number of fused-ring (bicyclic) bond motifs is 3. The number of thiazole rings is 1. The number of aryl methyl sites for hydroxylation is 3. The number of likely N-dealkylation sites (tertiary alicyclic amines) is 1. The number of esters is 1. The van der Waals surface area contributed by atoms with Crippen LogP contribution in [0, 0.1) is 6.92 Å². The summed E-state index contributed by atoms with van der Waals surface area (Å²) in [6, 6.07) is 0. The van der Waals surface area contributed by atoms with Crippen molar-refractivity contribution in [1.82, 2.24) is 19.4 Å². The van der Waals surface area contributed by atoms with Crippen molar-refractivity contribution in [3.8, 4) is 0 Å². The number of nitrogens with zero attached hydrogens (tertiary/aromatic N) is 4. The van der Waals surface area contributed by atoms with Gasteiger partial charge in [0.1, 0.15) is 28.7 Å². The Labute approximate surface area is 216 Å². The fraction of sp³-hybridized carbons (Fsp3) is 0.480. The summed E-state index contributed by atoms with van der Waals surface area (Å²) in [4.78, 5) is 52.9. The monoisotopic (exact) mass is 527 g/mol. The van der Waals surface area contributed by atoms with Crippen molar-refractivity contribution in [2.45, 2.75) is 58.5 Å². The Hall–Kier alpha value is -2.89. The number of anilines is 1. The van der Waals surface area contributed by atoms with Crippen LogP contribution in [0.5, 0.6) is 0 Å². The van der Waals surface area contributed by atoms with Crippen LogP contribution in [0.3, 0.4) is 0 Å². The molecule has 0 bridgehead atoms. The molecule has 0 aromatic carbocycles. The first-order valence-corrected chi connectivity index (χ1v) is 13.9. The molecule has 1 amide bonds. The van der Waals surface area contributed by atoms with Gasteiger partial charge in [-0.25, -0.2) is 14.8 Å². The highest BCUT2D eigenvalue weighted by atomic mass is 32.1. The molecule has 9 nitrogen and oxygen atoms in total. The van der Waals surface area contributed by atoms with Gasteiger partial charge < -0.3 is 10.1 Å². The Morgan fingerprint density at radius 1 is 1.14 bits per heavy atom. The van der Waals surface area contributed by atoms with Crippen LogP contribution in [0.1, 0.15) is 57.3 Å². The second-order valence-corrected chi connectivity index (χ2v) is 11.2. The SMILES string of the molecule is C=CCOC(=O)c1sc(NC(=O)Cn2c(CN3CCCC3)nc3sc4c(c3c2=O)CCCC4)nc1C. The van der Waals surface area contributed by atoms with Gasteiger partial charge >= 0.3 is 5.97 Å². The Morgan fingerprint density at radius 2 is 1.92 bits per heavy atom. The van der Waals surface area contributed by atoms with Gasteiger partial charge in [0.2, 0.25) is 5.91 Å². The predicted molar refractivity (Wildman–Crippen MR) is 141 cm³/mol. The van der Waals surface area contributed by atoms with Crippen molar-refractivity contribution in [3.63, 3.8) is 0 Å². The van der Waals surface area contributed by atoms with Crippen LogP contribution in [0.4, 0.5) is 5.13 Å². The number of thiophene rings is 1. The van der Waals surface area contributed by atoms with E-state index in [0.717, 1.165) is 73.3 Å². The molecular formula is C25H29N5O4S2. The number of nitrogens with one attached hydrogen (secondary N) is 1. The molecule has 1 saturated heterocycles. The molecule has 3 aromatic heterocycles. The molecule has 0 unspecified atom stereocenters. The number of rotatable bonds is 8. The molecule has 2 aliphatic rings. The van der Waals surface area contributed by atoms with Crippen LogP contribution < -0.4 is 10.9 Å². The van der Waals surface area contributed by atoms with E-state index in [1.54, 1.807) is 18.3 Å². The topological polar surface area (TPSA) is 106 Å². The van der Waals surface area contributed by atoms with E-state index in [1.807, 2.05) is 0 Å². The molecule has 5 rings (SSSR count). The van der Waals surface area contributed by atoms with E-state index >= 15 is 0 Å². The summed E-state index contributed by atoms with van der Waals surface area (Å²) in [6.07, 6.45) is 7.81. The average Bonchev–Trinajstić information content (AvgIpc) is 3.58. The van der Waals surface area contributed by atoms with Crippen molar-refractivity contribution >= 4 is 49.9 Å². The number of amides is 1. The van der Waals surface area contributed by atoms with E-state index in [-0.39, 0.29) is 24.6 Å². The Kier molecular flexibility index (Phi) is 7.31. The predicted octanol–water partition coefficient (Wildman–Crippen LogP) is 3.68. The number of aromatic nitrogens is 3. The zero-order valence-electron chi connectivity index (χ0n) is 20.3. The minimum absolute atomic E-state index is 0.0995. The molecule has 190 valence electrons. The van der Waals surface area contributed by atoms with Crippen LogP contribution in [0.2, 0.25) is 0 Å². The van der Waals surface area contributed by atoms with Crippen LogP contribution in [0.15, 0.2) is 17.4 Å². The molecule has 1 N–H and O–H groups in total. The molecule has 4 heterocycles. The third kappa shape index (κ3) is 5.00. The molecule has 11 heteroatoms. The molecule has 1 fully saturated rings. The molecule has 0 atom stereocenters. The highest BCUT2D eigenvalue weighted by Gasteiger charge is 2.25. The first-order valence-electron chi connectivity index (χ1n) is 12.3. The van der Waals surface area contributed by atoms with Gasteiger partial charge in [0, 0.05) is 4.88 Å². The van der Waals surface area contributed by atoms with Gasteiger partial charge in [-0.05, 0) is 64.1 Å². The van der Waals surface area contributed by atoms with Crippen LogP contribution in [0.25, 0.3) is 10.2 Å². The quantitative estimate of drug-likeness (QED) is 0.352. The normalized spacial score (nSPS) is 15.7. The van der Waals surface area contributed by atoms with Crippen molar-refractivity contribution in [2.24, 2.45) is 0 Å². The first-order chi connectivity index (χ1) is 17.4. The van der Waals surface area contributed by atoms with E-state index in [9.17, 15) is 14.4 Å². The smallest absolute Gasteiger partial charge is 0.350 e. The summed E-state index contributed by atoms with van der Waals surface area (Å²) >= 11 is 2.68. The molecule has 0 radical (unpaired) electrons. The fourth-order valence-corrected chi connectivity index (χ4v) is 6.99. The summed E-state index contributed by atoms with van der Waals surface area (Å²) in [5, 5.41) is 3.72. The lowest BCUT2D eigenvalue weighted by Gasteiger charge is -2.18. The minimum atomic E-state index is -0.508.